The second-order valence-electron chi connectivity index (χ2n) is 5.86. The van der Waals surface area contributed by atoms with E-state index < -0.39 is 0 Å². The van der Waals surface area contributed by atoms with E-state index in [1.807, 2.05) is 6.07 Å². The summed E-state index contributed by atoms with van der Waals surface area (Å²) in [5.74, 6) is 0.298. The summed E-state index contributed by atoms with van der Waals surface area (Å²) >= 11 is 0. The fourth-order valence-electron chi connectivity index (χ4n) is 2.31. The molecule has 0 radical (unpaired) electrons. The quantitative estimate of drug-likeness (QED) is 0.410. The fourth-order valence-corrected chi connectivity index (χ4v) is 2.31. The topological polar surface area (TPSA) is 88.7 Å². The Kier molecular flexibility index (Phi) is 8.55. The zero-order valence-electron chi connectivity index (χ0n) is 15.9. The molecule has 0 aliphatic heterocycles. The van der Waals surface area contributed by atoms with Crippen molar-refractivity contribution in [3.63, 3.8) is 0 Å². The average Bonchev–Trinajstić information content (AvgIpc) is 2.71. The number of methoxy groups -OCH3 is 1. The Hall–Kier alpha value is -3.32. The van der Waals surface area contributed by atoms with E-state index in [0.29, 0.717) is 36.8 Å². The van der Waals surface area contributed by atoms with Gasteiger partial charge in [0, 0.05) is 36.7 Å². The van der Waals surface area contributed by atoms with Gasteiger partial charge < -0.3 is 25.4 Å². The largest absolute Gasteiger partial charge is 0.489 e. The van der Waals surface area contributed by atoms with Gasteiger partial charge in [-0.1, -0.05) is 18.7 Å². The summed E-state index contributed by atoms with van der Waals surface area (Å²) in [6.07, 6.45) is 1.66. The van der Waals surface area contributed by atoms with E-state index in [0.717, 1.165) is 5.69 Å². The first-order valence-electron chi connectivity index (χ1n) is 8.87. The van der Waals surface area contributed by atoms with Crippen molar-refractivity contribution in [1.82, 2.24) is 5.32 Å². The molecule has 0 aliphatic rings. The normalized spacial score (nSPS) is 10.0. The van der Waals surface area contributed by atoms with Crippen molar-refractivity contribution < 1.29 is 19.1 Å². The van der Waals surface area contributed by atoms with Gasteiger partial charge in [0.15, 0.2) is 0 Å². The van der Waals surface area contributed by atoms with E-state index in [4.69, 9.17) is 9.47 Å². The minimum Gasteiger partial charge on any atom is -0.489 e. The summed E-state index contributed by atoms with van der Waals surface area (Å²) in [6, 6.07) is 14.0. The minimum absolute atomic E-state index is 0.0944. The number of amides is 2. The zero-order chi connectivity index (χ0) is 20.2. The van der Waals surface area contributed by atoms with Gasteiger partial charge in [0.05, 0.1) is 13.2 Å². The lowest BCUT2D eigenvalue weighted by Crippen LogP contribution is -2.26. The van der Waals surface area contributed by atoms with E-state index in [1.165, 1.54) is 0 Å². The van der Waals surface area contributed by atoms with Crippen LogP contribution in [0.15, 0.2) is 61.2 Å². The van der Waals surface area contributed by atoms with Gasteiger partial charge in [0.2, 0.25) is 5.91 Å². The van der Waals surface area contributed by atoms with Crippen LogP contribution in [0.3, 0.4) is 0 Å². The molecule has 0 spiro atoms. The van der Waals surface area contributed by atoms with Crippen LogP contribution in [0.5, 0.6) is 5.75 Å². The summed E-state index contributed by atoms with van der Waals surface area (Å²) in [4.78, 5) is 24.1. The maximum Gasteiger partial charge on any atom is 0.251 e. The van der Waals surface area contributed by atoms with Crippen molar-refractivity contribution in [3.05, 3.63) is 66.7 Å². The lowest BCUT2D eigenvalue weighted by atomic mass is 10.2. The van der Waals surface area contributed by atoms with Crippen LogP contribution in [-0.2, 0) is 9.53 Å². The number of nitrogens with one attached hydrogen (secondary N) is 3. The molecule has 0 unspecified atom stereocenters. The monoisotopic (exact) mass is 383 g/mol. The van der Waals surface area contributed by atoms with Crippen LogP contribution in [0.2, 0.25) is 0 Å². The highest BCUT2D eigenvalue weighted by atomic mass is 16.5. The van der Waals surface area contributed by atoms with Gasteiger partial charge in [-0.25, -0.2) is 0 Å². The number of rotatable bonds is 11. The Balaban J connectivity index is 1.81. The van der Waals surface area contributed by atoms with E-state index in [9.17, 15) is 9.59 Å². The van der Waals surface area contributed by atoms with Crippen LogP contribution in [0, 0.1) is 0 Å². The van der Waals surface area contributed by atoms with Crippen molar-refractivity contribution in [2.45, 2.75) is 0 Å². The molecule has 0 fully saturated rings. The molecule has 3 N–H and O–H groups in total. The number of hydrogen-bond acceptors (Lipinski definition) is 5. The summed E-state index contributed by atoms with van der Waals surface area (Å²) in [5.41, 5.74) is 1.94. The second-order valence-corrected chi connectivity index (χ2v) is 5.86. The first kappa shape index (κ1) is 21.0. The summed E-state index contributed by atoms with van der Waals surface area (Å²) in [7, 11) is 1.58. The highest BCUT2D eigenvalue weighted by Gasteiger charge is 2.06. The summed E-state index contributed by atoms with van der Waals surface area (Å²) in [6.45, 7) is 5.01. The van der Waals surface area contributed by atoms with Gasteiger partial charge in [-0.15, -0.1) is 0 Å². The Morgan fingerprint density at radius 1 is 1.11 bits per heavy atom. The molecular weight excluding hydrogens is 358 g/mol. The lowest BCUT2D eigenvalue weighted by Gasteiger charge is -2.10. The number of anilines is 2. The van der Waals surface area contributed by atoms with Gasteiger partial charge in [-0.3, -0.25) is 9.59 Å². The maximum absolute atomic E-state index is 12.1. The second kappa shape index (κ2) is 11.4. The van der Waals surface area contributed by atoms with Crippen LogP contribution in [0.1, 0.15) is 10.4 Å². The fraction of sp³-hybridized carbons (Fsp3) is 0.238. The molecule has 28 heavy (non-hydrogen) atoms. The number of carbonyl (C=O) groups is 2. The molecule has 0 saturated heterocycles. The van der Waals surface area contributed by atoms with Gasteiger partial charge in [-0.05, 0) is 36.4 Å². The third-order valence-corrected chi connectivity index (χ3v) is 3.68. The molecule has 0 saturated carbocycles. The van der Waals surface area contributed by atoms with Crippen molar-refractivity contribution in [2.24, 2.45) is 0 Å². The van der Waals surface area contributed by atoms with Crippen LogP contribution >= 0.6 is 0 Å². The highest BCUT2D eigenvalue weighted by Crippen LogP contribution is 2.17. The van der Waals surface area contributed by atoms with Gasteiger partial charge >= 0.3 is 0 Å². The van der Waals surface area contributed by atoms with E-state index in [-0.39, 0.29) is 18.4 Å². The maximum atomic E-state index is 12.1. The summed E-state index contributed by atoms with van der Waals surface area (Å²) in [5, 5.41) is 8.58. The van der Waals surface area contributed by atoms with Crippen molar-refractivity contribution in [1.29, 1.82) is 0 Å². The Bertz CT molecular complexity index is 790. The number of benzene rings is 2. The predicted molar refractivity (Wildman–Crippen MR) is 110 cm³/mol. The zero-order valence-corrected chi connectivity index (χ0v) is 15.9. The molecule has 0 atom stereocenters. The molecule has 2 aromatic carbocycles. The molecular formula is C21H25N3O4. The van der Waals surface area contributed by atoms with Gasteiger partial charge in [-0.2, -0.15) is 0 Å². The van der Waals surface area contributed by atoms with Crippen LogP contribution in [-0.4, -0.2) is 45.2 Å². The molecule has 7 heteroatoms. The van der Waals surface area contributed by atoms with Crippen molar-refractivity contribution in [2.75, 3.05) is 44.0 Å². The molecule has 2 aromatic rings. The molecule has 0 aromatic heterocycles. The minimum atomic E-state index is -0.192. The standard InChI is InChI=1S/C21H25N3O4/c1-3-12-28-19-6-4-5-18(14-19)24-20(25)15-23-17-9-7-16(8-10-17)21(26)22-11-13-27-2/h3-10,14,23H,1,11-13,15H2,2H3,(H,22,26)(H,24,25). The number of ether oxygens (including phenoxy) is 2. The van der Waals surface area contributed by atoms with Crippen molar-refractivity contribution >= 4 is 23.2 Å². The van der Waals surface area contributed by atoms with Crippen LogP contribution in [0.25, 0.3) is 0 Å². The van der Waals surface area contributed by atoms with Crippen LogP contribution in [0.4, 0.5) is 11.4 Å². The molecule has 2 amide bonds. The molecule has 0 heterocycles. The van der Waals surface area contributed by atoms with Crippen LogP contribution < -0.4 is 20.7 Å². The SMILES string of the molecule is C=CCOc1cccc(NC(=O)CNc2ccc(C(=O)NCCOC)cc2)c1. The van der Waals surface area contributed by atoms with E-state index in [1.54, 1.807) is 55.7 Å². The first-order chi connectivity index (χ1) is 13.6. The molecule has 7 nitrogen and oxygen atoms in total. The Labute approximate surface area is 164 Å². The van der Waals surface area contributed by atoms with Gasteiger partial charge in [0.1, 0.15) is 12.4 Å². The third kappa shape index (κ3) is 7.13. The van der Waals surface area contributed by atoms with Crippen molar-refractivity contribution in [3.8, 4) is 5.75 Å². The number of hydrogen-bond donors (Lipinski definition) is 3. The van der Waals surface area contributed by atoms with Gasteiger partial charge in [0.25, 0.3) is 5.91 Å². The molecule has 2 rings (SSSR count). The average molecular weight is 383 g/mol. The summed E-state index contributed by atoms with van der Waals surface area (Å²) < 4.78 is 10.3. The lowest BCUT2D eigenvalue weighted by molar-refractivity contribution is -0.114. The van der Waals surface area contributed by atoms with E-state index >= 15 is 0 Å². The Morgan fingerprint density at radius 3 is 2.61 bits per heavy atom. The molecule has 148 valence electrons. The molecule has 0 aliphatic carbocycles. The molecule has 0 bridgehead atoms. The first-order valence-corrected chi connectivity index (χ1v) is 8.87. The highest BCUT2D eigenvalue weighted by molar-refractivity contribution is 5.95. The predicted octanol–water partition coefficient (Wildman–Crippen LogP) is 2.68. The van der Waals surface area contributed by atoms with E-state index in [2.05, 4.69) is 22.5 Å². The Morgan fingerprint density at radius 2 is 1.89 bits per heavy atom. The third-order valence-electron chi connectivity index (χ3n) is 3.68. The smallest absolute Gasteiger partial charge is 0.251 e. The number of carbonyl (C=O) groups excluding carboxylic acids is 2.